The lowest BCUT2D eigenvalue weighted by molar-refractivity contribution is 0.0827. The average Bonchev–Trinajstić information content (AvgIpc) is 2.99. The van der Waals surface area contributed by atoms with Crippen molar-refractivity contribution in [2.24, 2.45) is 0 Å². The van der Waals surface area contributed by atoms with Gasteiger partial charge >= 0.3 is 0 Å². The largest absolute Gasteiger partial charge is 0.368 e. The van der Waals surface area contributed by atoms with Gasteiger partial charge in [0.1, 0.15) is 0 Å². The van der Waals surface area contributed by atoms with E-state index in [9.17, 15) is 4.79 Å². The second-order valence-corrected chi connectivity index (χ2v) is 6.58. The molecule has 3 aromatic rings. The van der Waals surface area contributed by atoms with Crippen LogP contribution in [0.15, 0.2) is 36.4 Å². The molecule has 0 spiro atoms. The molecule has 134 valence electrons. The highest BCUT2D eigenvalue weighted by Gasteiger charge is 2.13. The predicted molar refractivity (Wildman–Crippen MR) is 104 cm³/mol. The van der Waals surface area contributed by atoms with Crippen LogP contribution < -0.4 is 11.1 Å². The second-order valence-electron chi connectivity index (χ2n) is 5.76. The Bertz CT molecular complexity index is 929. The van der Waals surface area contributed by atoms with Gasteiger partial charge in [0.15, 0.2) is 0 Å². The van der Waals surface area contributed by atoms with Crippen molar-refractivity contribution in [1.82, 2.24) is 20.1 Å². The molecule has 0 atom stereocenters. The highest BCUT2D eigenvalue weighted by atomic mass is 35.5. The van der Waals surface area contributed by atoms with Crippen LogP contribution >= 0.6 is 23.2 Å². The number of amides is 1. The molecule has 1 heterocycles. The molecule has 0 saturated heterocycles. The van der Waals surface area contributed by atoms with Crippen molar-refractivity contribution in [3.8, 4) is 11.1 Å². The van der Waals surface area contributed by atoms with Crippen LogP contribution in [-0.2, 0) is 0 Å². The zero-order valence-electron chi connectivity index (χ0n) is 14.0. The molecule has 1 aromatic heterocycles. The Morgan fingerprint density at radius 2 is 1.77 bits per heavy atom. The number of aromatic nitrogens is 3. The van der Waals surface area contributed by atoms with E-state index in [4.69, 9.17) is 28.9 Å². The molecular weight excluding hydrogens is 375 g/mol. The van der Waals surface area contributed by atoms with Gasteiger partial charge in [0, 0.05) is 30.9 Å². The van der Waals surface area contributed by atoms with E-state index in [1.165, 1.54) is 4.90 Å². The Morgan fingerprint density at radius 3 is 2.27 bits per heavy atom. The van der Waals surface area contributed by atoms with Crippen LogP contribution in [0.2, 0.25) is 10.0 Å². The summed E-state index contributed by atoms with van der Waals surface area (Å²) in [6.45, 7) is 0. The van der Waals surface area contributed by atoms with Gasteiger partial charge in [0.05, 0.1) is 10.0 Å². The second kappa shape index (κ2) is 7.23. The highest BCUT2D eigenvalue weighted by molar-refractivity contribution is 6.39. The normalized spacial score (nSPS) is 10.6. The van der Waals surface area contributed by atoms with Gasteiger partial charge in [-0.3, -0.25) is 4.79 Å². The summed E-state index contributed by atoms with van der Waals surface area (Å²) in [6, 6.07) is 10.5. The smallest absolute Gasteiger partial charge is 0.253 e. The molecule has 0 aliphatic carbocycles. The fraction of sp³-hybridized carbons (Fsp3) is 0.118. The van der Waals surface area contributed by atoms with E-state index in [-0.39, 0.29) is 11.9 Å². The third-order valence-corrected chi connectivity index (χ3v) is 4.22. The Hall–Kier alpha value is -2.77. The Balaban J connectivity index is 1.89. The van der Waals surface area contributed by atoms with Crippen molar-refractivity contribution in [2.75, 3.05) is 25.1 Å². The molecule has 3 rings (SSSR count). The quantitative estimate of drug-likeness (QED) is 0.628. The first-order valence-corrected chi connectivity index (χ1v) is 8.37. The number of halogens is 2. The van der Waals surface area contributed by atoms with E-state index < -0.39 is 0 Å². The summed E-state index contributed by atoms with van der Waals surface area (Å²) in [5.74, 6) is 0.446. The summed E-state index contributed by atoms with van der Waals surface area (Å²) in [6.07, 6.45) is 0. The number of nitrogens with two attached hydrogens (primary N) is 1. The summed E-state index contributed by atoms with van der Waals surface area (Å²) in [4.78, 5) is 17.5. The number of nitrogens with one attached hydrogen (secondary N) is 2. The van der Waals surface area contributed by atoms with Gasteiger partial charge in [-0.25, -0.2) is 5.10 Å². The van der Waals surface area contributed by atoms with Gasteiger partial charge in [-0.1, -0.05) is 35.3 Å². The monoisotopic (exact) mass is 390 g/mol. The van der Waals surface area contributed by atoms with Crippen molar-refractivity contribution in [2.45, 2.75) is 0 Å². The van der Waals surface area contributed by atoms with E-state index in [1.54, 1.807) is 38.4 Å². The number of benzene rings is 2. The molecule has 0 aliphatic heterocycles. The maximum atomic E-state index is 12.0. The predicted octanol–water partition coefficient (Wildman–Crippen LogP) is 3.81. The molecule has 7 nitrogen and oxygen atoms in total. The number of nitrogens with zero attached hydrogens (tertiary/aromatic N) is 3. The standard InChI is InChI=1S/C17H16Cl2N6O/c1-25(2)15(26)10-5-3-9(4-6-10)14-12(18)7-11(8-13(14)19)21-17-22-16(20)23-24-17/h3-8H,1-2H3,(H4,20,21,22,23,24). The average molecular weight is 391 g/mol. The number of hydrogen-bond donors (Lipinski definition) is 3. The summed E-state index contributed by atoms with van der Waals surface area (Å²) in [5, 5.41) is 10.3. The SMILES string of the molecule is CN(C)C(=O)c1ccc(-c2c(Cl)cc(Nc3n[nH]c(N)n3)cc2Cl)cc1. The Kier molecular flexibility index (Phi) is 5.01. The van der Waals surface area contributed by atoms with E-state index in [1.807, 2.05) is 12.1 Å². The van der Waals surface area contributed by atoms with Crippen LogP contribution in [0.25, 0.3) is 11.1 Å². The Morgan fingerprint density at radius 1 is 1.15 bits per heavy atom. The van der Waals surface area contributed by atoms with Crippen LogP contribution in [0, 0.1) is 0 Å². The maximum absolute atomic E-state index is 12.0. The molecule has 0 saturated carbocycles. The van der Waals surface area contributed by atoms with Gasteiger partial charge in [-0.05, 0) is 29.8 Å². The number of nitrogen functional groups attached to an aromatic ring is 1. The molecule has 0 unspecified atom stereocenters. The van der Waals surface area contributed by atoms with Crippen molar-refractivity contribution in [3.05, 3.63) is 52.0 Å². The molecule has 0 bridgehead atoms. The van der Waals surface area contributed by atoms with Crippen LogP contribution in [0.5, 0.6) is 0 Å². The summed E-state index contributed by atoms with van der Waals surface area (Å²) in [5.41, 5.74) is 8.20. The zero-order chi connectivity index (χ0) is 18.8. The van der Waals surface area contributed by atoms with Crippen LogP contribution in [-0.4, -0.2) is 40.1 Å². The lowest BCUT2D eigenvalue weighted by Gasteiger charge is -2.13. The highest BCUT2D eigenvalue weighted by Crippen LogP contribution is 2.38. The van der Waals surface area contributed by atoms with E-state index in [2.05, 4.69) is 20.5 Å². The topological polar surface area (TPSA) is 99.9 Å². The number of H-pyrrole nitrogens is 1. The Labute approximate surface area is 160 Å². The maximum Gasteiger partial charge on any atom is 0.253 e. The van der Waals surface area contributed by atoms with E-state index >= 15 is 0 Å². The number of anilines is 3. The van der Waals surface area contributed by atoms with Crippen molar-refractivity contribution < 1.29 is 4.79 Å². The summed E-state index contributed by atoms with van der Waals surface area (Å²) in [7, 11) is 3.41. The van der Waals surface area contributed by atoms with Crippen LogP contribution in [0.4, 0.5) is 17.6 Å². The fourth-order valence-corrected chi connectivity index (χ4v) is 3.12. The van der Waals surface area contributed by atoms with Crippen molar-refractivity contribution in [3.63, 3.8) is 0 Å². The van der Waals surface area contributed by atoms with Crippen LogP contribution in [0.3, 0.4) is 0 Å². The van der Waals surface area contributed by atoms with Gasteiger partial charge in [0.2, 0.25) is 11.9 Å². The van der Waals surface area contributed by atoms with Crippen LogP contribution in [0.1, 0.15) is 10.4 Å². The van der Waals surface area contributed by atoms with Gasteiger partial charge in [0.25, 0.3) is 5.91 Å². The third-order valence-electron chi connectivity index (χ3n) is 3.63. The third kappa shape index (κ3) is 3.74. The number of carbonyl (C=O) groups excluding carboxylic acids is 1. The molecule has 26 heavy (non-hydrogen) atoms. The molecular formula is C17H16Cl2N6O. The summed E-state index contributed by atoms with van der Waals surface area (Å²) < 4.78 is 0. The molecule has 2 aromatic carbocycles. The van der Waals surface area contributed by atoms with E-state index in [0.717, 1.165) is 5.56 Å². The van der Waals surface area contributed by atoms with Gasteiger partial charge < -0.3 is 16.0 Å². The lowest BCUT2D eigenvalue weighted by atomic mass is 10.0. The van der Waals surface area contributed by atoms with Crippen molar-refractivity contribution >= 4 is 46.7 Å². The summed E-state index contributed by atoms with van der Waals surface area (Å²) >= 11 is 12.8. The van der Waals surface area contributed by atoms with Crippen molar-refractivity contribution in [1.29, 1.82) is 0 Å². The first kappa shape index (κ1) is 18.0. The van der Waals surface area contributed by atoms with Gasteiger partial charge in [-0.15, -0.1) is 5.10 Å². The molecule has 1 amide bonds. The first-order valence-electron chi connectivity index (χ1n) is 7.61. The fourth-order valence-electron chi connectivity index (χ4n) is 2.42. The minimum atomic E-state index is -0.0703. The molecule has 0 fully saturated rings. The number of hydrogen-bond acceptors (Lipinski definition) is 5. The first-order chi connectivity index (χ1) is 12.3. The molecule has 0 aliphatic rings. The van der Waals surface area contributed by atoms with Gasteiger partial charge in [-0.2, -0.15) is 4.98 Å². The minimum absolute atomic E-state index is 0.0703. The molecule has 0 radical (unpaired) electrons. The zero-order valence-corrected chi connectivity index (χ0v) is 15.6. The number of rotatable bonds is 4. The minimum Gasteiger partial charge on any atom is -0.368 e. The van der Waals surface area contributed by atoms with E-state index in [0.29, 0.717) is 32.8 Å². The lowest BCUT2D eigenvalue weighted by Crippen LogP contribution is -2.21. The molecule has 9 heteroatoms. The number of aromatic amines is 1. The molecule has 4 N–H and O–H groups in total. The number of carbonyl (C=O) groups is 1.